The van der Waals surface area contributed by atoms with Crippen LogP contribution in [0.15, 0.2) is 83.7 Å². The number of methoxy groups -OCH3 is 1. The third-order valence-corrected chi connectivity index (χ3v) is 6.63. The molecule has 3 aromatic carbocycles. The Morgan fingerprint density at radius 1 is 1.03 bits per heavy atom. The van der Waals surface area contributed by atoms with Gasteiger partial charge in [-0.1, -0.05) is 42.5 Å². The van der Waals surface area contributed by atoms with Gasteiger partial charge in [0.1, 0.15) is 11.4 Å². The van der Waals surface area contributed by atoms with Crippen molar-refractivity contribution in [1.82, 2.24) is 19.8 Å². The smallest absolute Gasteiger partial charge is 0.277 e. The Morgan fingerprint density at radius 2 is 1.78 bits per heavy atom. The number of likely N-dealkylation sites (tertiary alicyclic amines) is 1. The summed E-state index contributed by atoms with van der Waals surface area (Å²) in [5.41, 5.74) is 3.63. The fourth-order valence-corrected chi connectivity index (χ4v) is 4.80. The predicted octanol–water partition coefficient (Wildman–Crippen LogP) is 3.72. The molecule has 1 amide bonds. The van der Waals surface area contributed by atoms with Crippen LogP contribution in [0.1, 0.15) is 24.1 Å². The van der Waals surface area contributed by atoms with Crippen molar-refractivity contribution in [2.24, 2.45) is 0 Å². The second-order valence-corrected chi connectivity index (χ2v) is 9.16. The number of fused-ring (bicyclic) bond motifs is 1. The minimum atomic E-state index is -0.207. The zero-order valence-corrected chi connectivity index (χ0v) is 20.4. The van der Waals surface area contributed by atoms with Gasteiger partial charge in [0.2, 0.25) is 5.91 Å². The number of hydrogen-bond donors (Lipinski definition) is 1. The van der Waals surface area contributed by atoms with E-state index in [1.54, 1.807) is 11.7 Å². The van der Waals surface area contributed by atoms with Crippen molar-refractivity contribution < 1.29 is 9.53 Å². The van der Waals surface area contributed by atoms with Crippen molar-refractivity contribution in [3.63, 3.8) is 0 Å². The first-order chi connectivity index (χ1) is 17.6. The lowest BCUT2D eigenvalue weighted by Gasteiger charge is -2.17. The van der Waals surface area contributed by atoms with E-state index in [4.69, 9.17) is 4.74 Å². The van der Waals surface area contributed by atoms with Gasteiger partial charge in [0.25, 0.3) is 5.56 Å². The molecule has 1 aliphatic rings. The normalized spacial score (nSPS) is 15.8. The summed E-state index contributed by atoms with van der Waals surface area (Å²) in [4.78, 5) is 33.2. The number of nitrogens with one attached hydrogen (secondary N) is 1. The van der Waals surface area contributed by atoms with Gasteiger partial charge in [-0.3, -0.25) is 19.1 Å². The van der Waals surface area contributed by atoms with E-state index in [1.165, 1.54) is 5.56 Å². The Labute approximate surface area is 210 Å². The van der Waals surface area contributed by atoms with Crippen LogP contribution < -0.4 is 15.6 Å². The van der Waals surface area contributed by atoms with Gasteiger partial charge >= 0.3 is 0 Å². The molecular weight excluding hydrogens is 452 g/mol. The molecule has 5 rings (SSSR count). The molecule has 1 fully saturated rings. The van der Waals surface area contributed by atoms with E-state index in [2.05, 4.69) is 27.3 Å². The molecule has 1 saturated heterocycles. The average Bonchev–Trinajstić information content (AvgIpc) is 3.34. The van der Waals surface area contributed by atoms with Gasteiger partial charge < -0.3 is 10.1 Å². The van der Waals surface area contributed by atoms with Crippen LogP contribution in [0, 0.1) is 0 Å². The number of nitrogens with zero attached hydrogens (tertiary/aromatic N) is 3. The molecule has 0 saturated carbocycles. The van der Waals surface area contributed by atoms with Gasteiger partial charge in [-0.05, 0) is 48.4 Å². The summed E-state index contributed by atoms with van der Waals surface area (Å²) in [7, 11) is 1.61. The second-order valence-electron chi connectivity index (χ2n) is 9.16. The van der Waals surface area contributed by atoms with Crippen LogP contribution in [0.3, 0.4) is 0 Å². The van der Waals surface area contributed by atoms with Crippen molar-refractivity contribution >= 4 is 16.9 Å². The van der Waals surface area contributed by atoms with Crippen LogP contribution >= 0.6 is 0 Å². The van der Waals surface area contributed by atoms with Gasteiger partial charge in [0, 0.05) is 44.2 Å². The Morgan fingerprint density at radius 3 is 2.56 bits per heavy atom. The number of rotatable bonds is 8. The van der Waals surface area contributed by atoms with Crippen LogP contribution in [0.5, 0.6) is 5.75 Å². The molecule has 1 aliphatic heterocycles. The summed E-state index contributed by atoms with van der Waals surface area (Å²) < 4.78 is 6.92. The highest BCUT2D eigenvalue weighted by atomic mass is 16.5. The van der Waals surface area contributed by atoms with Crippen molar-refractivity contribution in [2.75, 3.05) is 20.2 Å². The molecule has 2 heterocycles. The van der Waals surface area contributed by atoms with Crippen LogP contribution in [0.25, 0.3) is 16.7 Å². The fraction of sp³-hybridized carbons (Fsp3) is 0.276. The summed E-state index contributed by atoms with van der Waals surface area (Å²) in [6.45, 7) is 2.68. The van der Waals surface area contributed by atoms with E-state index in [1.807, 2.05) is 66.7 Å². The molecule has 0 bridgehead atoms. The van der Waals surface area contributed by atoms with E-state index >= 15 is 0 Å². The Hall–Kier alpha value is -3.97. The highest BCUT2D eigenvalue weighted by molar-refractivity contribution is 5.78. The summed E-state index contributed by atoms with van der Waals surface area (Å²) in [6.07, 6.45) is 1.43. The number of para-hydroxylation sites is 2. The first kappa shape index (κ1) is 23.8. The van der Waals surface area contributed by atoms with Crippen molar-refractivity contribution in [1.29, 1.82) is 0 Å². The average molecular weight is 483 g/mol. The van der Waals surface area contributed by atoms with E-state index < -0.39 is 0 Å². The number of carbonyl (C=O) groups is 1. The summed E-state index contributed by atoms with van der Waals surface area (Å²) in [5, 5.41) is 3.15. The van der Waals surface area contributed by atoms with Crippen molar-refractivity contribution in [3.05, 3.63) is 100 Å². The quantitative estimate of drug-likeness (QED) is 0.414. The topological polar surface area (TPSA) is 76.5 Å². The summed E-state index contributed by atoms with van der Waals surface area (Å²) in [5.74, 6) is 0.670. The van der Waals surface area contributed by atoms with E-state index in [9.17, 15) is 9.59 Å². The largest absolute Gasteiger partial charge is 0.497 e. The summed E-state index contributed by atoms with van der Waals surface area (Å²) >= 11 is 0. The van der Waals surface area contributed by atoms with Crippen molar-refractivity contribution in [2.45, 2.75) is 31.8 Å². The minimum Gasteiger partial charge on any atom is -0.497 e. The van der Waals surface area contributed by atoms with Crippen LogP contribution in [-0.4, -0.2) is 46.6 Å². The molecular formula is C29H30N4O3. The van der Waals surface area contributed by atoms with Gasteiger partial charge in [-0.15, -0.1) is 0 Å². The molecule has 0 aliphatic carbocycles. The predicted molar refractivity (Wildman–Crippen MR) is 140 cm³/mol. The lowest BCUT2D eigenvalue weighted by Crippen LogP contribution is -2.37. The molecule has 1 N–H and O–H groups in total. The van der Waals surface area contributed by atoms with Gasteiger partial charge in [0.05, 0.1) is 18.1 Å². The zero-order chi connectivity index (χ0) is 24.9. The minimum absolute atomic E-state index is 0.0492. The molecule has 4 aromatic rings. The van der Waals surface area contributed by atoms with E-state index in [-0.39, 0.29) is 30.3 Å². The standard InChI is InChI=1S/C29H30N4O3/c1-36-24-13-11-23(12-14-24)33-27-10-6-5-9-25(27)31-26(29(33)35)15-16-28(34)30-22-17-18-32(20-22)19-21-7-3-2-4-8-21/h2-14,22H,15-20H2,1H3,(H,30,34)/t22-/m1/s1. The maximum Gasteiger partial charge on any atom is 0.277 e. The van der Waals surface area contributed by atoms with Gasteiger partial charge in [-0.2, -0.15) is 0 Å². The van der Waals surface area contributed by atoms with E-state index in [0.29, 0.717) is 5.69 Å². The number of benzene rings is 3. The first-order valence-electron chi connectivity index (χ1n) is 12.3. The molecule has 7 heteroatoms. The third-order valence-electron chi connectivity index (χ3n) is 6.63. The Kier molecular flexibility index (Phi) is 7.09. The molecule has 0 unspecified atom stereocenters. The monoisotopic (exact) mass is 482 g/mol. The zero-order valence-electron chi connectivity index (χ0n) is 20.4. The number of aromatic nitrogens is 2. The lowest BCUT2D eigenvalue weighted by molar-refractivity contribution is -0.121. The van der Waals surface area contributed by atoms with Crippen LogP contribution in [0.2, 0.25) is 0 Å². The number of ether oxygens (including phenoxy) is 1. The summed E-state index contributed by atoms with van der Waals surface area (Å²) in [6, 6.07) is 25.4. The van der Waals surface area contributed by atoms with Gasteiger partial charge in [-0.25, -0.2) is 4.98 Å². The second kappa shape index (κ2) is 10.7. The Bertz CT molecular complexity index is 1400. The Balaban J connectivity index is 1.27. The highest BCUT2D eigenvalue weighted by Crippen LogP contribution is 2.19. The maximum absolute atomic E-state index is 13.4. The van der Waals surface area contributed by atoms with Gasteiger partial charge in [0.15, 0.2) is 0 Å². The number of amides is 1. The van der Waals surface area contributed by atoms with Crippen LogP contribution in [-0.2, 0) is 17.8 Å². The number of hydrogen-bond acceptors (Lipinski definition) is 5. The van der Waals surface area contributed by atoms with Crippen molar-refractivity contribution in [3.8, 4) is 11.4 Å². The lowest BCUT2D eigenvalue weighted by atomic mass is 10.2. The molecule has 1 atom stereocenters. The first-order valence-corrected chi connectivity index (χ1v) is 12.3. The number of carbonyl (C=O) groups excluding carboxylic acids is 1. The maximum atomic E-state index is 13.4. The molecule has 0 spiro atoms. The fourth-order valence-electron chi connectivity index (χ4n) is 4.80. The van der Waals surface area contributed by atoms with E-state index in [0.717, 1.165) is 48.5 Å². The van der Waals surface area contributed by atoms with Crippen LogP contribution in [0.4, 0.5) is 0 Å². The molecule has 36 heavy (non-hydrogen) atoms. The molecule has 1 aromatic heterocycles. The molecule has 7 nitrogen and oxygen atoms in total. The highest BCUT2D eigenvalue weighted by Gasteiger charge is 2.24. The molecule has 0 radical (unpaired) electrons. The third kappa shape index (κ3) is 5.31. The molecule has 184 valence electrons. The SMILES string of the molecule is COc1ccc(-n2c(=O)c(CCC(=O)N[C@@H]3CCN(Cc4ccccc4)C3)nc3ccccc32)cc1. The number of aryl methyl sites for hydroxylation is 1.